The summed E-state index contributed by atoms with van der Waals surface area (Å²) in [6.45, 7) is -2.59. The van der Waals surface area contributed by atoms with Crippen LogP contribution in [0.5, 0.6) is 17.2 Å². The van der Waals surface area contributed by atoms with E-state index in [4.69, 9.17) is 55.1 Å². The number of nitrogens with one attached hydrogen (secondary N) is 5. The highest BCUT2D eigenvalue weighted by Crippen LogP contribution is 2.35. The number of hydrogen-bond donors (Lipinski definition) is 21. The van der Waals surface area contributed by atoms with E-state index in [0.29, 0.717) is 22.6 Å². The van der Waals surface area contributed by atoms with Crippen LogP contribution < -0.4 is 58.0 Å². The molecule has 0 aromatic heterocycles. The number of amides is 4. The van der Waals surface area contributed by atoms with Crippen LogP contribution in [0.4, 0.5) is 0 Å². The van der Waals surface area contributed by atoms with Crippen molar-refractivity contribution in [3.8, 4) is 17.2 Å². The van der Waals surface area contributed by atoms with Crippen LogP contribution in [0.1, 0.15) is 35.1 Å². The smallest absolute Gasteiger partial charge is 0.246 e. The Labute approximate surface area is 595 Å². The minimum atomic E-state index is -2.27. The van der Waals surface area contributed by atoms with Gasteiger partial charge in [-0.3, -0.25) is 29.2 Å². The molecule has 9 rings (SSSR count). The molecule has 3 fully saturated rings. The number of carbonyl (C=O) groups is 5. The Hall–Kier alpha value is -8.39. The standard InChI is InChI=1S/C67H91N11O26/c1-30(34-11-7-4-8-12-34)45(68)60(94)74-37(59(93)76-46(48(84)38-21-71-66(69)75-38)62(96)77-47(61(95)73-35(23-79)24-80)49(85)39-22-72-67(70)78(39)63-54(90)51(87)50(86)42(25-81)101-63)19-31-13-16-36(17-14-31)100-64-56(92)53(89)58(44(27-83)103-64)104-65-55(91)52(88)57(43(26-82)102-65)99-29-33-15-18-40(97-2)41(20-33)98-28-32-9-5-3-6-10-32/h3-18,20,23,30,35,37-39,42-58,63-65,80-92H,19,21-22,24-29,68H2,1-2H3,(H2,70,72)(H,73,95)(H,74,94)(H,76,93)(H,77,96)(H3,69,71,75). The molecule has 25 atom stereocenters. The van der Waals surface area contributed by atoms with E-state index >= 15 is 4.79 Å². The molecule has 5 aliphatic rings. The Morgan fingerprint density at radius 2 is 1.24 bits per heavy atom. The van der Waals surface area contributed by atoms with E-state index in [2.05, 4.69) is 36.6 Å². The van der Waals surface area contributed by atoms with Gasteiger partial charge in [0.2, 0.25) is 29.9 Å². The van der Waals surface area contributed by atoms with Crippen LogP contribution in [-0.4, -0.2) is 306 Å². The fraction of sp³-hybridized carbons (Fsp3) is 0.537. The van der Waals surface area contributed by atoms with Gasteiger partial charge in [0.1, 0.15) is 128 Å². The second-order valence-electron chi connectivity index (χ2n) is 25.6. The summed E-state index contributed by atoms with van der Waals surface area (Å²) in [7, 11) is 1.48. The summed E-state index contributed by atoms with van der Waals surface area (Å²) in [4.78, 5) is 79.4. The number of hydrogen-bond acceptors (Lipinski definition) is 33. The lowest BCUT2D eigenvalue weighted by Crippen LogP contribution is -2.70. The summed E-state index contributed by atoms with van der Waals surface area (Å²) >= 11 is 0. The SMILES string of the molecule is COc1ccc(COC2C(CO)OC(OC3C(CO)OC(Oc4ccc(CC(NC(=O)C(N)C(C)c5ccccc5)C(=O)NC(C(=O)NC(C(=O)NC(C=O)CO)C(O)C5CN=C(N)N5C5OC(CO)C(O)C(O)C5O)C(O)C5CN=C(N)N5)cc4)C(O)C3O)C(O)C2O)cc1OCc1ccccc1. The molecule has 37 nitrogen and oxygen atoms in total. The normalized spacial score (nSPS) is 29.9. The highest BCUT2D eigenvalue weighted by Gasteiger charge is 2.54. The summed E-state index contributed by atoms with van der Waals surface area (Å²) in [5.41, 5.74) is 21.0. The fourth-order valence-electron chi connectivity index (χ4n) is 12.5. The summed E-state index contributed by atoms with van der Waals surface area (Å²) < 4.78 is 46.8. The lowest BCUT2D eigenvalue weighted by atomic mass is 9.93. The van der Waals surface area contributed by atoms with Crippen LogP contribution in [0.2, 0.25) is 0 Å². The zero-order valence-corrected chi connectivity index (χ0v) is 56.4. The maximum atomic E-state index is 15.0. The van der Waals surface area contributed by atoms with Crippen LogP contribution in [0.25, 0.3) is 0 Å². The number of aliphatic hydroxyl groups excluding tert-OH is 13. The maximum absolute atomic E-state index is 15.0. The van der Waals surface area contributed by atoms with Gasteiger partial charge < -0.3 is 158 Å². The summed E-state index contributed by atoms with van der Waals surface area (Å²) in [5, 5.41) is 155. The summed E-state index contributed by atoms with van der Waals surface area (Å²) in [6, 6.07) is 16.5. The first-order valence-corrected chi connectivity index (χ1v) is 33.3. The third-order valence-electron chi connectivity index (χ3n) is 18.6. The minimum Gasteiger partial charge on any atom is -0.493 e. The zero-order chi connectivity index (χ0) is 75.2. The number of guanidine groups is 2. The van der Waals surface area contributed by atoms with E-state index in [1.54, 1.807) is 55.5 Å². The fourth-order valence-corrected chi connectivity index (χ4v) is 12.5. The van der Waals surface area contributed by atoms with Gasteiger partial charge in [0.15, 0.2) is 35.9 Å². The van der Waals surface area contributed by atoms with Crippen molar-refractivity contribution in [3.05, 3.63) is 125 Å². The van der Waals surface area contributed by atoms with Crippen molar-refractivity contribution in [2.75, 3.05) is 46.6 Å². The first-order valence-electron chi connectivity index (χ1n) is 33.3. The van der Waals surface area contributed by atoms with Crippen molar-refractivity contribution in [1.29, 1.82) is 0 Å². The van der Waals surface area contributed by atoms with Crippen molar-refractivity contribution in [2.24, 2.45) is 27.2 Å². The second kappa shape index (κ2) is 36.5. The molecule has 25 unspecified atom stereocenters. The lowest BCUT2D eigenvalue weighted by Gasteiger charge is -2.46. The molecular weight excluding hydrogens is 1370 g/mol. The van der Waals surface area contributed by atoms with E-state index in [-0.39, 0.29) is 43.3 Å². The highest BCUT2D eigenvalue weighted by atomic mass is 16.7. The number of aliphatic hydroxyl groups is 13. The number of rotatable bonds is 33. The molecule has 0 aliphatic carbocycles. The second-order valence-corrected chi connectivity index (χ2v) is 25.6. The molecule has 570 valence electrons. The molecule has 4 aromatic rings. The minimum absolute atomic E-state index is 0.0471. The van der Waals surface area contributed by atoms with Gasteiger partial charge in [-0.05, 0) is 46.5 Å². The molecule has 0 bridgehead atoms. The largest absolute Gasteiger partial charge is 0.493 e. The first-order chi connectivity index (χ1) is 49.8. The number of carbonyl (C=O) groups excluding carboxylic acids is 5. The Morgan fingerprint density at radius 3 is 1.88 bits per heavy atom. The van der Waals surface area contributed by atoms with Gasteiger partial charge in [-0.2, -0.15) is 0 Å². The van der Waals surface area contributed by atoms with Crippen LogP contribution in [-0.2, 0) is 67.3 Å². The van der Waals surface area contributed by atoms with Gasteiger partial charge in [-0.15, -0.1) is 0 Å². The average Bonchev–Trinajstić information content (AvgIpc) is 1.43. The van der Waals surface area contributed by atoms with Crippen LogP contribution in [0, 0.1) is 0 Å². The predicted octanol–water partition coefficient (Wildman–Crippen LogP) is -8.89. The molecule has 4 amide bonds. The van der Waals surface area contributed by atoms with E-state index < -0.39 is 221 Å². The van der Waals surface area contributed by atoms with Crippen molar-refractivity contribution in [3.63, 3.8) is 0 Å². The summed E-state index contributed by atoms with van der Waals surface area (Å²) in [6.07, 6.45) is -30.7. The van der Waals surface area contributed by atoms with E-state index in [1.165, 1.54) is 31.4 Å². The summed E-state index contributed by atoms with van der Waals surface area (Å²) in [5.74, 6) is -5.38. The predicted molar refractivity (Wildman–Crippen MR) is 359 cm³/mol. The molecule has 0 spiro atoms. The van der Waals surface area contributed by atoms with Gasteiger partial charge >= 0.3 is 0 Å². The number of benzene rings is 4. The molecule has 3 saturated heterocycles. The Balaban J connectivity index is 0.903. The highest BCUT2D eigenvalue weighted by molar-refractivity contribution is 5.96. The van der Waals surface area contributed by atoms with Crippen molar-refractivity contribution in [1.82, 2.24) is 31.5 Å². The Kier molecular flexibility index (Phi) is 28.0. The number of ether oxygens (including phenoxy) is 8. The molecule has 4 aromatic carbocycles. The molecule has 104 heavy (non-hydrogen) atoms. The van der Waals surface area contributed by atoms with Crippen LogP contribution in [0.15, 0.2) is 113 Å². The maximum Gasteiger partial charge on any atom is 0.246 e. The lowest BCUT2D eigenvalue weighted by molar-refractivity contribution is -0.355. The van der Waals surface area contributed by atoms with Gasteiger partial charge in [0.05, 0.1) is 71.4 Å². The molecule has 37 heteroatoms. The molecule has 0 saturated carbocycles. The molecule has 0 radical (unpaired) electrons. The quantitative estimate of drug-likeness (QED) is 0.0197. The third kappa shape index (κ3) is 18.8. The number of methoxy groups -OCH3 is 1. The van der Waals surface area contributed by atoms with E-state index in [1.807, 2.05) is 30.3 Å². The number of nitrogens with zero attached hydrogens (tertiary/aromatic N) is 3. The van der Waals surface area contributed by atoms with Crippen molar-refractivity contribution in [2.45, 2.75) is 179 Å². The Morgan fingerprint density at radius 1 is 0.635 bits per heavy atom. The molecule has 24 N–H and O–H groups in total. The molecule has 5 heterocycles. The number of nitrogens with two attached hydrogens (primary N) is 3. The van der Waals surface area contributed by atoms with Crippen LogP contribution in [0.3, 0.4) is 0 Å². The van der Waals surface area contributed by atoms with Crippen molar-refractivity contribution >= 4 is 41.8 Å². The van der Waals surface area contributed by atoms with Gasteiger partial charge in [0.25, 0.3) is 0 Å². The first kappa shape index (κ1) is 79.7. The average molecular weight is 1470 g/mol. The Bertz CT molecular complexity index is 3540. The van der Waals surface area contributed by atoms with Gasteiger partial charge in [-0.25, -0.2) is 0 Å². The monoisotopic (exact) mass is 1470 g/mol. The molecular formula is C67H91N11O26. The third-order valence-corrected chi connectivity index (χ3v) is 18.6. The topological polar surface area (TPSA) is 588 Å². The van der Waals surface area contributed by atoms with Gasteiger partial charge in [0, 0.05) is 12.3 Å². The van der Waals surface area contributed by atoms with E-state index in [0.717, 1.165) is 10.5 Å². The number of aldehydes is 1. The van der Waals surface area contributed by atoms with Crippen molar-refractivity contribution < 1.29 is 128 Å². The van der Waals surface area contributed by atoms with Gasteiger partial charge in [-0.1, -0.05) is 85.8 Å². The zero-order valence-electron chi connectivity index (χ0n) is 56.4. The molecule has 5 aliphatic heterocycles. The van der Waals surface area contributed by atoms with Crippen LogP contribution >= 0.6 is 0 Å². The number of aliphatic imine (C=N–C) groups is 2. The van der Waals surface area contributed by atoms with E-state index in [9.17, 15) is 85.6 Å².